The molecule has 0 saturated carbocycles. The van der Waals surface area contributed by atoms with Crippen molar-refractivity contribution in [3.8, 4) is 11.5 Å². The fourth-order valence-corrected chi connectivity index (χ4v) is 3.41. The van der Waals surface area contributed by atoms with E-state index in [1.54, 1.807) is 12.0 Å². The second-order valence-corrected chi connectivity index (χ2v) is 7.87. The van der Waals surface area contributed by atoms with E-state index >= 15 is 0 Å². The van der Waals surface area contributed by atoms with Crippen molar-refractivity contribution in [2.75, 3.05) is 20.3 Å². The molecule has 7 nitrogen and oxygen atoms in total. The van der Waals surface area contributed by atoms with Crippen LogP contribution in [-0.4, -0.2) is 36.0 Å². The average Bonchev–Trinajstić information content (AvgIpc) is 3.16. The number of hydrogen-bond donors (Lipinski definition) is 0. The monoisotopic (exact) mass is 406 g/mol. The molecule has 1 aromatic carbocycles. The van der Waals surface area contributed by atoms with Gasteiger partial charge in [0.15, 0.2) is 11.5 Å². The molecule has 1 amide bonds. The van der Waals surface area contributed by atoms with Gasteiger partial charge in [0, 0.05) is 19.2 Å². The molecule has 0 aliphatic heterocycles. The third-order valence-electron chi connectivity index (χ3n) is 3.94. The van der Waals surface area contributed by atoms with E-state index in [2.05, 4.69) is 13.8 Å². The van der Waals surface area contributed by atoms with Crippen molar-refractivity contribution in [2.45, 2.75) is 33.7 Å². The van der Waals surface area contributed by atoms with Gasteiger partial charge in [-0.3, -0.25) is 14.9 Å². The number of carbonyl (C=O) groups is 1. The van der Waals surface area contributed by atoms with Crippen LogP contribution in [0.1, 0.15) is 42.4 Å². The van der Waals surface area contributed by atoms with Gasteiger partial charge < -0.3 is 14.4 Å². The largest absolute Gasteiger partial charge is 0.493 e. The van der Waals surface area contributed by atoms with Crippen LogP contribution < -0.4 is 9.47 Å². The standard InChI is InChI=1S/C20H26N2O5S/c1-5-10-21(20(23)18-8-9-19(28-18)22(24)25)12-15-6-7-16(17(11-15)26-4)27-13-14(2)3/h6-9,11,14H,5,10,12-13H2,1-4H3. The zero-order valence-electron chi connectivity index (χ0n) is 16.6. The zero-order valence-corrected chi connectivity index (χ0v) is 17.5. The van der Waals surface area contributed by atoms with Crippen molar-refractivity contribution in [3.05, 3.63) is 50.9 Å². The lowest BCUT2D eigenvalue weighted by Crippen LogP contribution is -2.30. The number of benzene rings is 1. The van der Waals surface area contributed by atoms with Gasteiger partial charge in [-0.15, -0.1) is 0 Å². The Morgan fingerprint density at radius 2 is 2.00 bits per heavy atom. The molecule has 0 saturated heterocycles. The molecule has 2 rings (SSSR count). The van der Waals surface area contributed by atoms with E-state index in [1.165, 1.54) is 12.1 Å². The highest BCUT2D eigenvalue weighted by Gasteiger charge is 2.21. The fraction of sp³-hybridized carbons (Fsp3) is 0.450. The molecule has 1 heterocycles. The summed E-state index contributed by atoms with van der Waals surface area (Å²) >= 11 is 0.898. The summed E-state index contributed by atoms with van der Waals surface area (Å²) in [6.45, 7) is 7.67. The molecule has 152 valence electrons. The van der Waals surface area contributed by atoms with Gasteiger partial charge in [0.2, 0.25) is 0 Å². The van der Waals surface area contributed by atoms with E-state index in [-0.39, 0.29) is 10.9 Å². The fourth-order valence-electron chi connectivity index (χ4n) is 2.63. The smallest absolute Gasteiger partial charge is 0.324 e. The normalized spacial score (nSPS) is 10.8. The van der Waals surface area contributed by atoms with Crippen LogP contribution in [0.15, 0.2) is 30.3 Å². The highest BCUT2D eigenvalue weighted by molar-refractivity contribution is 7.17. The van der Waals surface area contributed by atoms with E-state index in [0.29, 0.717) is 42.0 Å². The third kappa shape index (κ3) is 5.69. The SMILES string of the molecule is CCCN(Cc1ccc(OCC(C)C)c(OC)c1)C(=O)c1ccc([N+](=O)[O-])s1. The summed E-state index contributed by atoms with van der Waals surface area (Å²) < 4.78 is 11.2. The maximum Gasteiger partial charge on any atom is 0.324 e. The van der Waals surface area contributed by atoms with E-state index in [0.717, 1.165) is 23.3 Å². The second kappa shape index (κ2) is 10.1. The lowest BCUT2D eigenvalue weighted by Gasteiger charge is -2.22. The van der Waals surface area contributed by atoms with Crippen LogP contribution in [0.5, 0.6) is 11.5 Å². The molecule has 0 fully saturated rings. The first-order valence-electron chi connectivity index (χ1n) is 9.18. The number of rotatable bonds is 10. The Kier molecular flexibility index (Phi) is 7.80. The Balaban J connectivity index is 2.18. The minimum Gasteiger partial charge on any atom is -0.493 e. The summed E-state index contributed by atoms with van der Waals surface area (Å²) in [5.74, 6) is 1.48. The van der Waals surface area contributed by atoms with Gasteiger partial charge in [-0.25, -0.2) is 0 Å². The van der Waals surface area contributed by atoms with Gasteiger partial charge >= 0.3 is 5.00 Å². The predicted molar refractivity (Wildman–Crippen MR) is 109 cm³/mol. The van der Waals surface area contributed by atoms with Crippen LogP contribution >= 0.6 is 11.3 Å². The molecule has 0 aliphatic carbocycles. The van der Waals surface area contributed by atoms with Crippen LogP contribution in [0.3, 0.4) is 0 Å². The molecule has 0 bridgehead atoms. The average molecular weight is 407 g/mol. The Hall–Kier alpha value is -2.61. The summed E-state index contributed by atoms with van der Waals surface area (Å²) in [5, 5.41) is 10.9. The molecule has 8 heteroatoms. The molecular formula is C20H26N2O5S. The quantitative estimate of drug-likeness (QED) is 0.420. The highest BCUT2D eigenvalue weighted by Crippen LogP contribution is 2.30. The molecule has 0 aliphatic rings. The van der Waals surface area contributed by atoms with Gasteiger partial charge in [-0.1, -0.05) is 38.2 Å². The summed E-state index contributed by atoms with van der Waals surface area (Å²) in [7, 11) is 1.58. The summed E-state index contributed by atoms with van der Waals surface area (Å²) in [6, 6.07) is 8.50. The third-order valence-corrected chi connectivity index (χ3v) is 4.96. The van der Waals surface area contributed by atoms with Crippen LogP contribution in [0.25, 0.3) is 0 Å². The van der Waals surface area contributed by atoms with Gasteiger partial charge in [0.1, 0.15) is 0 Å². The molecule has 0 spiro atoms. The number of ether oxygens (including phenoxy) is 2. The van der Waals surface area contributed by atoms with Crippen molar-refractivity contribution in [2.24, 2.45) is 5.92 Å². The molecule has 0 N–H and O–H groups in total. The minimum absolute atomic E-state index is 0.0341. The van der Waals surface area contributed by atoms with E-state index in [4.69, 9.17) is 9.47 Å². The van der Waals surface area contributed by atoms with Crippen LogP contribution in [0.2, 0.25) is 0 Å². The van der Waals surface area contributed by atoms with E-state index in [1.807, 2.05) is 25.1 Å². The number of carbonyl (C=O) groups excluding carboxylic acids is 1. The molecule has 0 atom stereocenters. The number of methoxy groups -OCH3 is 1. The van der Waals surface area contributed by atoms with Crippen molar-refractivity contribution in [1.29, 1.82) is 0 Å². The number of hydrogen-bond acceptors (Lipinski definition) is 6. The van der Waals surface area contributed by atoms with Gasteiger partial charge in [0.05, 0.1) is 23.5 Å². The summed E-state index contributed by atoms with van der Waals surface area (Å²) in [5.41, 5.74) is 0.904. The van der Waals surface area contributed by atoms with Crippen LogP contribution in [0.4, 0.5) is 5.00 Å². The number of nitro groups is 1. The van der Waals surface area contributed by atoms with Crippen LogP contribution in [0, 0.1) is 16.0 Å². The Morgan fingerprint density at radius 3 is 2.57 bits per heavy atom. The van der Waals surface area contributed by atoms with Gasteiger partial charge in [-0.05, 0) is 36.1 Å². The highest BCUT2D eigenvalue weighted by atomic mass is 32.1. The lowest BCUT2D eigenvalue weighted by molar-refractivity contribution is -0.380. The Labute approximate surface area is 169 Å². The minimum atomic E-state index is -0.480. The van der Waals surface area contributed by atoms with E-state index in [9.17, 15) is 14.9 Å². The lowest BCUT2D eigenvalue weighted by atomic mass is 10.1. The van der Waals surface area contributed by atoms with Crippen molar-refractivity contribution in [3.63, 3.8) is 0 Å². The van der Waals surface area contributed by atoms with Gasteiger partial charge in [-0.2, -0.15) is 0 Å². The maximum atomic E-state index is 12.8. The van der Waals surface area contributed by atoms with Crippen LogP contribution in [-0.2, 0) is 6.54 Å². The van der Waals surface area contributed by atoms with Crippen molar-refractivity contribution >= 4 is 22.2 Å². The predicted octanol–water partition coefficient (Wildman–Crippen LogP) is 4.75. The molecule has 0 unspecified atom stereocenters. The Morgan fingerprint density at radius 1 is 1.25 bits per heavy atom. The zero-order chi connectivity index (χ0) is 20.7. The number of thiophene rings is 1. The van der Waals surface area contributed by atoms with Crippen molar-refractivity contribution in [1.82, 2.24) is 4.90 Å². The first-order chi connectivity index (χ1) is 13.3. The number of amides is 1. The first-order valence-corrected chi connectivity index (χ1v) is 10.0. The summed E-state index contributed by atoms with van der Waals surface area (Å²) in [6.07, 6.45) is 0.784. The Bertz CT molecular complexity index is 819. The second-order valence-electron chi connectivity index (χ2n) is 6.81. The maximum absolute atomic E-state index is 12.8. The molecular weight excluding hydrogens is 380 g/mol. The van der Waals surface area contributed by atoms with Crippen molar-refractivity contribution < 1.29 is 19.2 Å². The van der Waals surface area contributed by atoms with E-state index < -0.39 is 4.92 Å². The molecule has 0 radical (unpaired) electrons. The van der Waals surface area contributed by atoms with Gasteiger partial charge in [0.25, 0.3) is 5.91 Å². The topological polar surface area (TPSA) is 81.9 Å². The summed E-state index contributed by atoms with van der Waals surface area (Å²) in [4.78, 5) is 25.3. The molecule has 2 aromatic rings. The first kappa shape index (κ1) is 21.7. The number of nitrogens with zero attached hydrogens (tertiary/aromatic N) is 2. The molecule has 1 aromatic heterocycles. The molecule has 28 heavy (non-hydrogen) atoms.